The van der Waals surface area contributed by atoms with Gasteiger partial charge in [0, 0.05) is 29.8 Å². The summed E-state index contributed by atoms with van der Waals surface area (Å²) in [6, 6.07) is 4.76. The lowest BCUT2D eigenvalue weighted by Crippen LogP contribution is -2.53. The van der Waals surface area contributed by atoms with Gasteiger partial charge in [0.15, 0.2) is 18.8 Å². The summed E-state index contributed by atoms with van der Waals surface area (Å²) in [6.45, 7) is 6.19. The van der Waals surface area contributed by atoms with Crippen LogP contribution in [0.25, 0.3) is 10.9 Å². The molecule has 1 aliphatic rings. The molecule has 0 spiro atoms. The predicted octanol–water partition coefficient (Wildman–Crippen LogP) is 2.67. The molecule has 0 unspecified atom stereocenters. The number of rotatable bonds is 17. The number of aromatic nitrogens is 1. The van der Waals surface area contributed by atoms with Crippen LogP contribution in [0.3, 0.4) is 0 Å². The Kier molecular flexibility index (Phi) is 13.6. The lowest BCUT2D eigenvalue weighted by molar-refractivity contribution is -0.158. The molecule has 2 aromatic rings. The number of amides is 3. The molecular weight excluding hydrogens is 616 g/mol. The Morgan fingerprint density at radius 3 is 2.47 bits per heavy atom. The van der Waals surface area contributed by atoms with Gasteiger partial charge in [-0.3, -0.25) is 24.0 Å². The molecule has 1 aromatic carbocycles. The summed E-state index contributed by atoms with van der Waals surface area (Å²) in [5.74, 6) is -2.72. The topological polar surface area (TPSA) is 192 Å². The maximum Gasteiger partial charge on any atom is 0.509 e. The van der Waals surface area contributed by atoms with Crippen LogP contribution in [0.15, 0.2) is 24.3 Å². The van der Waals surface area contributed by atoms with Gasteiger partial charge in [-0.15, -0.1) is 0 Å². The first-order valence-corrected chi connectivity index (χ1v) is 15.5. The van der Waals surface area contributed by atoms with Crippen molar-refractivity contribution in [2.45, 2.75) is 71.7 Å². The summed E-state index contributed by atoms with van der Waals surface area (Å²) in [4.78, 5) is 81.0. The standard InChI is InChI=1S/C32H44N4O11/c1-7-28(38)46-17-45-16-26(37)23(14-20-11-12-36(31(20)41)19(4)47-32(42)44-6)34-29(39)24(13-18(2)3)35-30(40)25-15-21-22(33-25)9-8-10-27(21)43-5/h8-10,15,18-20,23-24,33H,7,11-14,16-17H2,1-6H3,(H,34,39)(H,35,40)/t19-,20-,23-,24-/m0/s1. The number of ether oxygens (including phenoxy) is 5. The molecule has 3 amide bonds. The van der Waals surface area contributed by atoms with Gasteiger partial charge in [0.2, 0.25) is 11.8 Å². The molecule has 3 rings (SSSR count). The third-order valence-corrected chi connectivity index (χ3v) is 7.70. The van der Waals surface area contributed by atoms with Crippen molar-refractivity contribution in [2.75, 3.05) is 34.2 Å². The maximum atomic E-state index is 13.7. The third-order valence-electron chi connectivity index (χ3n) is 7.70. The molecule has 4 atom stereocenters. The molecule has 15 heteroatoms. The second-order valence-corrected chi connectivity index (χ2v) is 11.5. The Labute approximate surface area is 272 Å². The smallest absolute Gasteiger partial charge is 0.496 e. The van der Waals surface area contributed by atoms with Gasteiger partial charge in [0.05, 0.1) is 20.3 Å². The van der Waals surface area contributed by atoms with E-state index in [1.165, 1.54) is 18.9 Å². The first-order chi connectivity index (χ1) is 22.4. The fourth-order valence-corrected chi connectivity index (χ4v) is 5.24. The zero-order valence-corrected chi connectivity index (χ0v) is 27.6. The third kappa shape index (κ3) is 10.2. The quantitative estimate of drug-likeness (QED) is 0.128. The number of benzene rings is 1. The zero-order valence-electron chi connectivity index (χ0n) is 27.6. The van der Waals surface area contributed by atoms with Crippen molar-refractivity contribution in [1.29, 1.82) is 0 Å². The number of likely N-dealkylation sites (tertiary alicyclic amines) is 1. The number of carbonyl (C=O) groups is 6. The highest BCUT2D eigenvalue weighted by atomic mass is 16.7. The fourth-order valence-electron chi connectivity index (χ4n) is 5.24. The minimum atomic E-state index is -1.18. The first-order valence-electron chi connectivity index (χ1n) is 15.5. The summed E-state index contributed by atoms with van der Waals surface area (Å²) in [5, 5.41) is 6.18. The Bertz CT molecular complexity index is 1440. The number of carbonyl (C=O) groups excluding carboxylic acids is 6. The SMILES string of the molecule is CCC(=O)OCOCC(=O)[C@H](C[C@@H]1CCN([C@H](C)OC(=O)OC)C1=O)NC(=O)[C@H](CC(C)C)NC(=O)c1cc2c(OC)cccc2[nH]1. The van der Waals surface area contributed by atoms with Crippen molar-refractivity contribution in [2.24, 2.45) is 11.8 Å². The van der Waals surface area contributed by atoms with E-state index in [1.54, 1.807) is 31.2 Å². The highest BCUT2D eigenvalue weighted by Gasteiger charge is 2.39. The summed E-state index contributed by atoms with van der Waals surface area (Å²) in [6.07, 6.45) is -1.21. The highest BCUT2D eigenvalue weighted by Crippen LogP contribution is 2.27. The number of Topliss-reactive ketones (excluding diaryl/α,β-unsaturated/α-hetero) is 1. The molecule has 15 nitrogen and oxygen atoms in total. The molecule has 1 saturated heterocycles. The van der Waals surface area contributed by atoms with E-state index in [1.807, 2.05) is 13.8 Å². The van der Waals surface area contributed by atoms with Crippen LogP contribution >= 0.6 is 0 Å². The van der Waals surface area contributed by atoms with Gasteiger partial charge in [-0.25, -0.2) is 4.79 Å². The Morgan fingerprint density at radius 1 is 1.06 bits per heavy atom. The molecule has 3 N–H and O–H groups in total. The number of hydrogen-bond donors (Lipinski definition) is 3. The van der Waals surface area contributed by atoms with Crippen LogP contribution in [0.1, 0.15) is 63.9 Å². The number of ketones is 1. The molecule has 1 aromatic heterocycles. The summed E-state index contributed by atoms with van der Waals surface area (Å²) >= 11 is 0. The van der Waals surface area contributed by atoms with Crippen molar-refractivity contribution in [3.8, 4) is 5.75 Å². The Morgan fingerprint density at radius 2 is 1.81 bits per heavy atom. The maximum absolute atomic E-state index is 13.7. The van der Waals surface area contributed by atoms with Crippen LogP contribution in [0, 0.1) is 11.8 Å². The van der Waals surface area contributed by atoms with Gasteiger partial charge in [-0.05, 0) is 50.3 Å². The monoisotopic (exact) mass is 660 g/mol. The van der Waals surface area contributed by atoms with E-state index >= 15 is 0 Å². The first kappa shape index (κ1) is 36.8. The van der Waals surface area contributed by atoms with E-state index in [0.717, 1.165) is 7.11 Å². The zero-order chi connectivity index (χ0) is 34.7. The van der Waals surface area contributed by atoms with Crippen molar-refractivity contribution in [3.63, 3.8) is 0 Å². The van der Waals surface area contributed by atoms with Crippen molar-refractivity contribution < 1.29 is 52.5 Å². The van der Waals surface area contributed by atoms with E-state index in [0.29, 0.717) is 23.1 Å². The number of fused-ring (bicyclic) bond motifs is 1. The van der Waals surface area contributed by atoms with Crippen LogP contribution in [-0.4, -0.2) is 98.0 Å². The van der Waals surface area contributed by atoms with E-state index in [-0.39, 0.29) is 43.3 Å². The van der Waals surface area contributed by atoms with Crippen LogP contribution in [-0.2, 0) is 38.1 Å². The second kappa shape index (κ2) is 17.3. The number of nitrogens with one attached hydrogen (secondary N) is 3. The Hall–Kier alpha value is -4.66. The lowest BCUT2D eigenvalue weighted by Gasteiger charge is -2.26. The van der Waals surface area contributed by atoms with Gasteiger partial charge >= 0.3 is 12.1 Å². The number of H-pyrrole nitrogens is 1. The van der Waals surface area contributed by atoms with Crippen LogP contribution in [0.5, 0.6) is 5.75 Å². The summed E-state index contributed by atoms with van der Waals surface area (Å²) < 4.78 is 25.1. The molecule has 2 heterocycles. The van der Waals surface area contributed by atoms with Gasteiger partial charge in [0.1, 0.15) is 24.1 Å². The molecule has 0 bridgehead atoms. The highest BCUT2D eigenvalue weighted by molar-refractivity contribution is 6.02. The van der Waals surface area contributed by atoms with Gasteiger partial charge in [0.25, 0.3) is 5.91 Å². The van der Waals surface area contributed by atoms with E-state index in [2.05, 4.69) is 20.4 Å². The number of methoxy groups -OCH3 is 2. The predicted molar refractivity (Wildman–Crippen MR) is 167 cm³/mol. The molecule has 0 aliphatic carbocycles. The fraction of sp³-hybridized carbons (Fsp3) is 0.562. The number of aromatic amines is 1. The van der Waals surface area contributed by atoms with Gasteiger partial charge in [-0.1, -0.05) is 26.8 Å². The number of nitrogens with zero attached hydrogens (tertiary/aromatic N) is 1. The number of hydrogen-bond acceptors (Lipinski definition) is 11. The molecule has 258 valence electrons. The Balaban J connectivity index is 1.77. The molecule has 1 fully saturated rings. The molecule has 0 saturated carbocycles. The van der Waals surface area contributed by atoms with Gasteiger partial charge < -0.3 is 44.2 Å². The van der Waals surface area contributed by atoms with Crippen LogP contribution in [0.4, 0.5) is 4.79 Å². The van der Waals surface area contributed by atoms with Gasteiger partial charge in [-0.2, -0.15) is 0 Å². The molecule has 0 radical (unpaired) electrons. The molecule has 1 aliphatic heterocycles. The van der Waals surface area contributed by atoms with Crippen LogP contribution < -0.4 is 15.4 Å². The molecule has 47 heavy (non-hydrogen) atoms. The largest absolute Gasteiger partial charge is 0.509 e. The summed E-state index contributed by atoms with van der Waals surface area (Å²) in [5.41, 5.74) is 0.893. The lowest BCUT2D eigenvalue weighted by atomic mass is 9.95. The van der Waals surface area contributed by atoms with E-state index < -0.39 is 67.4 Å². The van der Waals surface area contributed by atoms with Crippen molar-refractivity contribution in [1.82, 2.24) is 20.5 Å². The number of esters is 1. The minimum Gasteiger partial charge on any atom is -0.496 e. The molecular formula is C32H44N4O11. The average molecular weight is 661 g/mol. The van der Waals surface area contributed by atoms with E-state index in [9.17, 15) is 28.8 Å². The minimum absolute atomic E-state index is 0.0131. The van der Waals surface area contributed by atoms with E-state index in [4.69, 9.17) is 18.9 Å². The van der Waals surface area contributed by atoms with Crippen molar-refractivity contribution >= 4 is 46.5 Å². The van der Waals surface area contributed by atoms with Crippen LogP contribution in [0.2, 0.25) is 0 Å². The average Bonchev–Trinajstić information content (AvgIpc) is 3.65. The normalized spacial score (nSPS) is 16.4. The summed E-state index contributed by atoms with van der Waals surface area (Å²) in [7, 11) is 2.68. The van der Waals surface area contributed by atoms with Crippen molar-refractivity contribution in [3.05, 3.63) is 30.0 Å². The second-order valence-electron chi connectivity index (χ2n) is 11.5.